The van der Waals surface area contributed by atoms with Crippen LogP contribution in [-0.4, -0.2) is 38.7 Å². The molecule has 1 aliphatic heterocycles. The van der Waals surface area contributed by atoms with Crippen molar-refractivity contribution in [2.45, 2.75) is 32.6 Å². The number of rotatable bonds is 2. The van der Waals surface area contributed by atoms with Crippen LogP contribution in [0.5, 0.6) is 0 Å². The molecule has 1 amide bonds. The molecule has 25 heavy (non-hydrogen) atoms. The van der Waals surface area contributed by atoms with E-state index in [0.717, 1.165) is 42.9 Å². The molecule has 0 unspecified atom stereocenters. The SMILES string of the molecule is Cc1nn(C)c(C)c1C(=O)N1CCC(c2cc3ccccc3[nH]2)CC1. The fourth-order valence-electron chi connectivity index (χ4n) is 3.95. The minimum Gasteiger partial charge on any atom is -0.358 e. The first-order chi connectivity index (χ1) is 12.0. The maximum absolute atomic E-state index is 12.9. The molecule has 5 heteroatoms. The number of hydrogen-bond acceptors (Lipinski definition) is 2. The predicted octanol–water partition coefficient (Wildman–Crippen LogP) is 3.54. The molecule has 4 rings (SSSR count). The lowest BCUT2D eigenvalue weighted by Gasteiger charge is -2.31. The third kappa shape index (κ3) is 2.73. The van der Waals surface area contributed by atoms with Gasteiger partial charge in [-0.15, -0.1) is 0 Å². The van der Waals surface area contributed by atoms with Crippen molar-refractivity contribution in [3.63, 3.8) is 0 Å². The third-order valence-corrected chi connectivity index (χ3v) is 5.50. The summed E-state index contributed by atoms with van der Waals surface area (Å²) < 4.78 is 1.79. The Morgan fingerprint density at radius 2 is 1.92 bits per heavy atom. The number of likely N-dealkylation sites (tertiary alicyclic amines) is 1. The second-order valence-electron chi connectivity index (χ2n) is 7.05. The van der Waals surface area contributed by atoms with Crippen molar-refractivity contribution in [1.82, 2.24) is 19.7 Å². The van der Waals surface area contributed by atoms with Gasteiger partial charge in [-0.1, -0.05) is 18.2 Å². The van der Waals surface area contributed by atoms with Crippen LogP contribution in [0, 0.1) is 13.8 Å². The van der Waals surface area contributed by atoms with Gasteiger partial charge in [-0.25, -0.2) is 0 Å². The Bertz CT molecular complexity index is 895. The Hall–Kier alpha value is -2.56. The van der Waals surface area contributed by atoms with Crippen LogP contribution in [0.2, 0.25) is 0 Å². The van der Waals surface area contributed by atoms with Crippen molar-refractivity contribution in [2.24, 2.45) is 7.05 Å². The van der Waals surface area contributed by atoms with Crippen molar-refractivity contribution in [3.8, 4) is 0 Å². The molecule has 1 saturated heterocycles. The highest BCUT2D eigenvalue weighted by atomic mass is 16.2. The largest absolute Gasteiger partial charge is 0.358 e. The van der Waals surface area contributed by atoms with Gasteiger partial charge < -0.3 is 9.88 Å². The van der Waals surface area contributed by atoms with Gasteiger partial charge >= 0.3 is 0 Å². The van der Waals surface area contributed by atoms with Crippen LogP contribution >= 0.6 is 0 Å². The van der Waals surface area contributed by atoms with Gasteiger partial charge in [0.05, 0.1) is 11.3 Å². The number of hydrogen-bond donors (Lipinski definition) is 1. The van der Waals surface area contributed by atoms with Gasteiger partial charge in [0, 0.05) is 43.0 Å². The number of benzene rings is 1. The zero-order valence-electron chi connectivity index (χ0n) is 15.0. The smallest absolute Gasteiger partial charge is 0.257 e. The van der Waals surface area contributed by atoms with Gasteiger partial charge in [0.15, 0.2) is 0 Å². The van der Waals surface area contributed by atoms with E-state index in [9.17, 15) is 4.79 Å². The van der Waals surface area contributed by atoms with Gasteiger partial charge in [0.2, 0.25) is 0 Å². The molecule has 1 N–H and O–H groups in total. The molecule has 1 aliphatic rings. The second-order valence-corrected chi connectivity index (χ2v) is 7.05. The van der Waals surface area contributed by atoms with Crippen LogP contribution in [-0.2, 0) is 7.05 Å². The third-order valence-electron chi connectivity index (χ3n) is 5.50. The molecule has 130 valence electrons. The fourth-order valence-corrected chi connectivity index (χ4v) is 3.95. The highest BCUT2D eigenvalue weighted by Crippen LogP contribution is 2.30. The molecular formula is C20H24N4O. The van der Waals surface area contributed by atoms with E-state index in [4.69, 9.17) is 0 Å². The Morgan fingerprint density at radius 1 is 1.20 bits per heavy atom. The average Bonchev–Trinajstić information content (AvgIpc) is 3.15. The number of nitrogens with zero attached hydrogens (tertiary/aromatic N) is 3. The number of carbonyl (C=O) groups excluding carboxylic acids is 1. The minimum atomic E-state index is 0.123. The monoisotopic (exact) mass is 336 g/mol. The number of aromatic amines is 1. The lowest BCUT2D eigenvalue weighted by Crippen LogP contribution is -2.38. The molecule has 0 bridgehead atoms. The van der Waals surface area contributed by atoms with Crippen molar-refractivity contribution in [1.29, 1.82) is 0 Å². The maximum Gasteiger partial charge on any atom is 0.257 e. The highest BCUT2D eigenvalue weighted by Gasteiger charge is 2.28. The van der Waals surface area contributed by atoms with Crippen molar-refractivity contribution < 1.29 is 4.79 Å². The van der Waals surface area contributed by atoms with E-state index in [1.165, 1.54) is 16.6 Å². The van der Waals surface area contributed by atoms with Crippen molar-refractivity contribution in [3.05, 3.63) is 53.0 Å². The normalized spacial score (nSPS) is 15.9. The number of amides is 1. The molecule has 5 nitrogen and oxygen atoms in total. The first-order valence-electron chi connectivity index (χ1n) is 8.91. The molecule has 1 aromatic carbocycles. The van der Waals surface area contributed by atoms with E-state index in [1.54, 1.807) is 4.68 Å². The number of H-pyrrole nitrogens is 1. The first-order valence-corrected chi connectivity index (χ1v) is 8.91. The van der Waals surface area contributed by atoms with E-state index in [1.807, 2.05) is 25.8 Å². The Kier molecular flexibility index (Phi) is 3.86. The summed E-state index contributed by atoms with van der Waals surface area (Å²) in [6, 6.07) is 10.6. The summed E-state index contributed by atoms with van der Waals surface area (Å²) in [5.41, 5.74) is 5.02. The zero-order valence-corrected chi connectivity index (χ0v) is 15.0. The summed E-state index contributed by atoms with van der Waals surface area (Å²) in [4.78, 5) is 18.4. The van der Waals surface area contributed by atoms with E-state index >= 15 is 0 Å². The van der Waals surface area contributed by atoms with Crippen LogP contribution in [0.1, 0.15) is 46.2 Å². The lowest BCUT2D eigenvalue weighted by atomic mass is 9.93. The lowest BCUT2D eigenvalue weighted by molar-refractivity contribution is 0.0710. The topological polar surface area (TPSA) is 53.9 Å². The Balaban J connectivity index is 1.48. The van der Waals surface area contributed by atoms with E-state index in [-0.39, 0.29) is 5.91 Å². The summed E-state index contributed by atoms with van der Waals surface area (Å²) in [5, 5.41) is 5.64. The molecule has 0 atom stereocenters. The van der Waals surface area contributed by atoms with E-state index in [0.29, 0.717) is 5.92 Å². The number of fused-ring (bicyclic) bond motifs is 1. The minimum absolute atomic E-state index is 0.123. The number of piperidine rings is 1. The van der Waals surface area contributed by atoms with Crippen molar-refractivity contribution in [2.75, 3.05) is 13.1 Å². The molecule has 2 aromatic heterocycles. The molecule has 1 fully saturated rings. The van der Waals surface area contributed by atoms with Crippen LogP contribution in [0.4, 0.5) is 0 Å². The number of aryl methyl sites for hydroxylation is 2. The molecule has 3 aromatic rings. The number of nitrogens with one attached hydrogen (secondary N) is 1. The summed E-state index contributed by atoms with van der Waals surface area (Å²) in [7, 11) is 1.89. The molecule has 0 radical (unpaired) electrons. The van der Waals surface area contributed by atoms with E-state index in [2.05, 4.69) is 40.4 Å². The van der Waals surface area contributed by atoms with Crippen LogP contribution in [0.15, 0.2) is 30.3 Å². The molecule has 0 spiro atoms. The average molecular weight is 336 g/mol. The number of aromatic nitrogens is 3. The van der Waals surface area contributed by atoms with E-state index < -0.39 is 0 Å². The van der Waals surface area contributed by atoms with Gasteiger partial charge in [0.1, 0.15) is 0 Å². The molecule has 3 heterocycles. The predicted molar refractivity (Wildman–Crippen MR) is 98.9 cm³/mol. The first kappa shape index (κ1) is 15.9. The summed E-state index contributed by atoms with van der Waals surface area (Å²) >= 11 is 0. The van der Waals surface area contributed by atoms with Gasteiger partial charge in [0.25, 0.3) is 5.91 Å². The van der Waals surface area contributed by atoms with Crippen LogP contribution in [0.3, 0.4) is 0 Å². The number of para-hydroxylation sites is 1. The van der Waals surface area contributed by atoms with Crippen LogP contribution < -0.4 is 0 Å². The van der Waals surface area contributed by atoms with Crippen LogP contribution in [0.25, 0.3) is 10.9 Å². The quantitative estimate of drug-likeness (QED) is 0.778. The standard InChI is InChI=1S/C20H24N4O/c1-13-19(14(2)23(3)22-13)20(25)24-10-8-15(9-11-24)18-12-16-6-4-5-7-17(16)21-18/h4-7,12,15,21H,8-11H2,1-3H3. The number of carbonyl (C=O) groups is 1. The van der Waals surface area contributed by atoms with Gasteiger partial charge in [-0.3, -0.25) is 9.48 Å². The summed E-state index contributed by atoms with van der Waals surface area (Å²) in [6.07, 6.45) is 1.99. The highest BCUT2D eigenvalue weighted by molar-refractivity contribution is 5.96. The van der Waals surface area contributed by atoms with Gasteiger partial charge in [-0.05, 0) is 44.2 Å². The second kappa shape index (κ2) is 6.06. The zero-order chi connectivity index (χ0) is 17.6. The van der Waals surface area contributed by atoms with Gasteiger partial charge in [-0.2, -0.15) is 5.10 Å². The maximum atomic E-state index is 12.9. The summed E-state index contributed by atoms with van der Waals surface area (Å²) in [6.45, 7) is 5.47. The molecule has 0 saturated carbocycles. The molecule has 0 aliphatic carbocycles. The van der Waals surface area contributed by atoms with Crippen molar-refractivity contribution >= 4 is 16.8 Å². The Morgan fingerprint density at radius 3 is 2.56 bits per heavy atom. The Labute approximate surface area is 147 Å². The summed E-state index contributed by atoms with van der Waals surface area (Å²) in [5.74, 6) is 0.616. The molecular weight excluding hydrogens is 312 g/mol. The fraction of sp³-hybridized carbons (Fsp3) is 0.400.